The lowest BCUT2D eigenvalue weighted by Gasteiger charge is -2.40. The van der Waals surface area contributed by atoms with Gasteiger partial charge in [0.15, 0.2) is 0 Å². The molecule has 40 heavy (non-hydrogen) atoms. The standard InChI is InChI=1S/C38H50N2/c1-26-16-21-30(22-17-26)39-36-14-8-6-12-32(36)34-24-28(19-18-27(34)2)29-20-23-38-35(25-29)33-13-7-9-15-37(33)40(38)31-10-4-3-5-11-31/h4,10,16-17,20-21,23-25,27-28,30-32,36,39H,3,5-9,11-15,18-19,22H2,1-2H3. The monoisotopic (exact) mass is 534 g/mol. The molecule has 2 aromatic rings. The molecule has 0 bridgehead atoms. The van der Waals surface area contributed by atoms with Gasteiger partial charge in [-0.2, -0.15) is 0 Å². The van der Waals surface area contributed by atoms with Crippen LogP contribution in [0.1, 0.15) is 120 Å². The van der Waals surface area contributed by atoms with Crippen LogP contribution < -0.4 is 5.32 Å². The van der Waals surface area contributed by atoms with Crippen LogP contribution in [-0.2, 0) is 12.8 Å². The summed E-state index contributed by atoms with van der Waals surface area (Å²) in [5.41, 5.74) is 9.58. The maximum atomic E-state index is 4.11. The minimum Gasteiger partial charge on any atom is -0.337 e. The summed E-state index contributed by atoms with van der Waals surface area (Å²) in [4.78, 5) is 0. The minimum absolute atomic E-state index is 0.501. The third-order valence-corrected chi connectivity index (χ3v) is 11.1. The molecular formula is C38H50N2. The van der Waals surface area contributed by atoms with Crippen molar-refractivity contribution in [2.75, 3.05) is 0 Å². The van der Waals surface area contributed by atoms with Gasteiger partial charge in [-0.25, -0.2) is 0 Å². The Morgan fingerprint density at radius 3 is 2.65 bits per heavy atom. The van der Waals surface area contributed by atoms with Crippen molar-refractivity contribution in [3.05, 3.63) is 82.6 Å². The number of rotatable bonds is 5. The summed E-state index contributed by atoms with van der Waals surface area (Å²) in [7, 11) is 0. The van der Waals surface area contributed by atoms with Gasteiger partial charge in [-0.1, -0.05) is 73.4 Å². The minimum atomic E-state index is 0.501. The Balaban J connectivity index is 1.20. The van der Waals surface area contributed by atoms with Crippen molar-refractivity contribution in [2.45, 2.75) is 128 Å². The van der Waals surface area contributed by atoms with E-state index in [1.807, 2.05) is 0 Å². The van der Waals surface area contributed by atoms with Crippen LogP contribution in [-0.4, -0.2) is 16.7 Å². The maximum Gasteiger partial charge on any atom is 0.0519 e. The van der Waals surface area contributed by atoms with Crippen LogP contribution in [0, 0.1) is 11.8 Å². The van der Waals surface area contributed by atoms with Gasteiger partial charge in [-0.15, -0.1) is 0 Å². The normalized spacial score (nSPS) is 32.5. The summed E-state index contributed by atoms with van der Waals surface area (Å²) >= 11 is 0. The van der Waals surface area contributed by atoms with Crippen LogP contribution in [0.4, 0.5) is 0 Å². The molecule has 2 heteroatoms. The van der Waals surface area contributed by atoms with Gasteiger partial charge in [0, 0.05) is 34.6 Å². The molecule has 1 heterocycles. The average molecular weight is 535 g/mol. The second kappa shape index (κ2) is 11.5. The van der Waals surface area contributed by atoms with Gasteiger partial charge in [-0.05, 0) is 119 Å². The Morgan fingerprint density at radius 1 is 0.900 bits per heavy atom. The van der Waals surface area contributed by atoms with Crippen molar-refractivity contribution in [2.24, 2.45) is 11.8 Å². The molecule has 0 amide bonds. The van der Waals surface area contributed by atoms with E-state index in [0.717, 1.165) is 6.42 Å². The Hall–Kier alpha value is -2.32. The predicted octanol–water partition coefficient (Wildman–Crippen LogP) is 9.66. The highest BCUT2D eigenvalue weighted by Gasteiger charge is 2.34. The summed E-state index contributed by atoms with van der Waals surface area (Å²) < 4.78 is 2.75. The van der Waals surface area contributed by atoms with Crippen LogP contribution in [0.5, 0.6) is 0 Å². The van der Waals surface area contributed by atoms with E-state index in [4.69, 9.17) is 0 Å². The highest BCUT2D eigenvalue weighted by molar-refractivity contribution is 5.87. The van der Waals surface area contributed by atoms with Gasteiger partial charge in [0.05, 0.1) is 6.04 Å². The molecule has 1 saturated carbocycles. The molecule has 0 spiro atoms. The highest BCUT2D eigenvalue weighted by atomic mass is 15.0. The van der Waals surface area contributed by atoms with Gasteiger partial charge in [-0.3, -0.25) is 0 Å². The number of nitrogens with one attached hydrogen (secondary N) is 1. The van der Waals surface area contributed by atoms with Crippen molar-refractivity contribution >= 4 is 10.9 Å². The molecule has 0 aliphatic heterocycles. The molecule has 1 aromatic heterocycles. The van der Waals surface area contributed by atoms with Gasteiger partial charge >= 0.3 is 0 Å². The number of fused-ring (bicyclic) bond motifs is 3. The Kier molecular flexibility index (Phi) is 7.65. The third kappa shape index (κ3) is 5.11. The summed E-state index contributed by atoms with van der Waals surface area (Å²) in [6, 6.07) is 9.32. The van der Waals surface area contributed by atoms with Crippen LogP contribution in [0.15, 0.2) is 65.8 Å². The number of nitrogens with zero attached hydrogens (tertiary/aromatic N) is 1. The fourth-order valence-corrected chi connectivity index (χ4v) is 8.90. The second-order valence-electron chi connectivity index (χ2n) is 13.8. The average Bonchev–Trinajstić information content (AvgIpc) is 3.33. The van der Waals surface area contributed by atoms with E-state index in [0.29, 0.717) is 35.9 Å². The molecule has 1 aromatic carbocycles. The lowest BCUT2D eigenvalue weighted by Crippen LogP contribution is -2.45. The van der Waals surface area contributed by atoms with Gasteiger partial charge in [0.2, 0.25) is 0 Å². The fraction of sp³-hybridized carbons (Fsp3) is 0.579. The molecule has 212 valence electrons. The third-order valence-electron chi connectivity index (χ3n) is 11.1. The molecule has 6 atom stereocenters. The molecule has 7 rings (SSSR count). The predicted molar refractivity (Wildman–Crippen MR) is 170 cm³/mol. The highest BCUT2D eigenvalue weighted by Crippen LogP contribution is 2.44. The zero-order chi connectivity index (χ0) is 27.1. The van der Waals surface area contributed by atoms with E-state index in [-0.39, 0.29) is 0 Å². The lowest BCUT2D eigenvalue weighted by molar-refractivity contribution is 0.261. The van der Waals surface area contributed by atoms with Crippen molar-refractivity contribution in [1.82, 2.24) is 9.88 Å². The number of hydrogen-bond acceptors (Lipinski definition) is 1. The van der Waals surface area contributed by atoms with E-state index in [2.05, 4.69) is 78.4 Å². The number of benzene rings is 1. The van der Waals surface area contributed by atoms with Gasteiger partial charge in [0.25, 0.3) is 0 Å². The van der Waals surface area contributed by atoms with Crippen molar-refractivity contribution in [3.8, 4) is 0 Å². The van der Waals surface area contributed by atoms with E-state index in [9.17, 15) is 0 Å². The van der Waals surface area contributed by atoms with E-state index >= 15 is 0 Å². The lowest BCUT2D eigenvalue weighted by atomic mass is 9.69. The molecule has 5 aliphatic rings. The number of allylic oxidation sites excluding steroid dienone is 5. The molecule has 1 N–H and O–H groups in total. The fourth-order valence-electron chi connectivity index (χ4n) is 8.90. The van der Waals surface area contributed by atoms with E-state index in [1.54, 1.807) is 27.8 Å². The van der Waals surface area contributed by atoms with Crippen molar-refractivity contribution < 1.29 is 0 Å². The zero-order valence-corrected chi connectivity index (χ0v) is 25.0. The van der Waals surface area contributed by atoms with Crippen LogP contribution in [0.3, 0.4) is 0 Å². The summed E-state index contributed by atoms with van der Waals surface area (Å²) in [5, 5.41) is 5.69. The first kappa shape index (κ1) is 26.6. The smallest absolute Gasteiger partial charge is 0.0519 e. The number of aromatic nitrogens is 1. The maximum absolute atomic E-state index is 4.11. The van der Waals surface area contributed by atoms with E-state index in [1.165, 1.54) is 94.6 Å². The molecule has 0 radical (unpaired) electrons. The molecule has 2 nitrogen and oxygen atoms in total. The second-order valence-corrected chi connectivity index (χ2v) is 13.8. The van der Waals surface area contributed by atoms with Crippen LogP contribution in [0.25, 0.3) is 10.9 Å². The summed E-state index contributed by atoms with van der Waals surface area (Å²) in [5.74, 6) is 1.97. The molecule has 1 fully saturated rings. The quantitative estimate of drug-likeness (QED) is 0.378. The van der Waals surface area contributed by atoms with Crippen molar-refractivity contribution in [1.29, 1.82) is 0 Å². The summed E-state index contributed by atoms with van der Waals surface area (Å²) in [6.45, 7) is 4.73. The van der Waals surface area contributed by atoms with E-state index < -0.39 is 0 Å². The van der Waals surface area contributed by atoms with Crippen molar-refractivity contribution in [3.63, 3.8) is 0 Å². The van der Waals surface area contributed by atoms with Crippen LogP contribution >= 0.6 is 0 Å². The number of aryl methyl sites for hydroxylation is 1. The number of hydrogen-bond donors (Lipinski definition) is 1. The Morgan fingerprint density at radius 2 is 1.80 bits per heavy atom. The largest absolute Gasteiger partial charge is 0.337 e. The topological polar surface area (TPSA) is 17.0 Å². The Bertz CT molecular complexity index is 1350. The molecule has 0 saturated heterocycles. The molecular weight excluding hydrogens is 484 g/mol. The van der Waals surface area contributed by atoms with Crippen LogP contribution in [0.2, 0.25) is 0 Å². The first-order chi connectivity index (χ1) is 19.7. The molecule has 6 unspecified atom stereocenters. The van der Waals surface area contributed by atoms with Gasteiger partial charge < -0.3 is 9.88 Å². The molecule has 5 aliphatic carbocycles. The first-order valence-corrected chi connectivity index (χ1v) is 16.8. The summed E-state index contributed by atoms with van der Waals surface area (Å²) in [6.07, 6.45) is 33.1. The Labute approximate surface area is 242 Å². The zero-order valence-electron chi connectivity index (χ0n) is 25.0. The first-order valence-electron chi connectivity index (χ1n) is 16.8. The SMILES string of the molecule is CC1=CCC(NC2CCCCC2C2=CC(c3ccc4c(c3)c3c(n4C4C=CCCC4)CCCC3)CCC2C)C=C1. The van der Waals surface area contributed by atoms with Gasteiger partial charge in [0.1, 0.15) is 0 Å².